The van der Waals surface area contributed by atoms with Gasteiger partial charge in [-0.3, -0.25) is 4.79 Å². The summed E-state index contributed by atoms with van der Waals surface area (Å²) in [6.45, 7) is 3.07. The molecule has 3 aromatic rings. The van der Waals surface area contributed by atoms with Crippen molar-refractivity contribution in [1.82, 2.24) is 16.1 Å². The molecule has 0 fully saturated rings. The number of esters is 1. The van der Waals surface area contributed by atoms with E-state index in [1.807, 2.05) is 0 Å². The number of allylic oxidation sites excluding steroid dienone is 1. The van der Waals surface area contributed by atoms with Crippen molar-refractivity contribution in [2.75, 3.05) is 20.3 Å². The molecule has 3 N–H and O–H groups in total. The Morgan fingerprint density at radius 2 is 1.91 bits per heavy atom. The van der Waals surface area contributed by atoms with E-state index in [1.54, 1.807) is 62.4 Å². The summed E-state index contributed by atoms with van der Waals surface area (Å²) in [7, 11) is 1.42. The number of carbonyl (C=O) groups excluding carboxylic acids is 3. The number of ether oxygens (including phenoxy) is 4. The first-order valence-electron chi connectivity index (χ1n) is 13.5. The zero-order valence-corrected chi connectivity index (χ0v) is 26.8. The maximum Gasteiger partial charge on any atom is 0.338 e. The molecule has 0 saturated heterocycles. The van der Waals surface area contributed by atoms with Gasteiger partial charge in [-0.15, -0.1) is 0 Å². The SMILES string of the molecule is CCOC(=O)C1=C(C)NC(=O)N[C@@H]1c1ccc(OCC(=O)N/N=C\c2cc(Cl)c(OCc3ccccc3F)c(Br)c2)c(OC)c1. The van der Waals surface area contributed by atoms with Gasteiger partial charge >= 0.3 is 12.0 Å². The molecule has 45 heavy (non-hydrogen) atoms. The third-order valence-electron chi connectivity index (χ3n) is 6.40. The fourth-order valence-corrected chi connectivity index (χ4v) is 5.31. The Balaban J connectivity index is 1.36. The smallest absolute Gasteiger partial charge is 0.338 e. The first-order valence-corrected chi connectivity index (χ1v) is 14.7. The number of halogens is 3. The van der Waals surface area contributed by atoms with Crippen LogP contribution in [0, 0.1) is 5.82 Å². The minimum atomic E-state index is -0.792. The summed E-state index contributed by atoms with van der Waals surface area (Å²) in [6.07, 6.45) is 1.38. The number of carbonyl (C=O) groups is 3. The number of methoxy groups -OCH3 is 1. The van der Waals surface area contributed by atoms with Crippen molar-refractivity contribution in [1.29, 1.82) is 0 Å². The monoisotopic (exact) mass is 702 g/mol. The molecule has 0 aromatic heterocycles. The molecule has 3 amide bonds. The van der Waals surface area contributed by atoms with E-state index < -0.39 is 30.6 Å². The van der Waals surface area contributed by atoms with Crippen molar-refractivity contribution in [3.63, 3.8) is 0 Å². The Labute approximate surface area is 271 Å². The molecule has 0 aliphatic carbocycles. The highest BCUT2D eigenvalue weighted by Crippen LogP contribution is 2.36. The summed E-state index contributed by atoms with van der Waals surface area (Å²) in [5, 5.41) is 9.50. The second-order valence-corrected chi connectivity index (χ2v) is 10.7. The van der Waals surface area contributed by atoms with Crippen LogP contribution in [0.25, 0.3) is 0 Å². The van der Waals surface area contributed by atoms with E-state index in [1.165, 1.54) is 19.4 Å². The zero-order chi connectivity index (χ0) is 32.5. The van der Waals surface area contributed by atoms with Gasteiger partial charge < -0.3 is 29.6 Å². The molecule has 1 aliphatic rings. The number of urea groups is 1. The molecule has 0 unspecified atom stereocenters. The lowest BCUT2D eigenvalue weighted by atomic mass is 9.95. The molecule has 1 atom stereocenters. The van der Waals surface area contributed by atoms with Crippen LogP contribution in [0.2, 0.25) is 5.02 Å². The standard InChI is InChI=1S/C31H29BrClFN4O7/c1-4-43-30(40)27-17(2)36-31(41)37-28(27)19-9-10-24(25(13-19)42-3)44-16-26(39)38-35-14-18-11-21(32)29(22(33)12-18)45-15-20-7-5-6-8-23(20)34/h5-14,28H,4,15-16H2,1-3H3,(H,38,39)(H2,36,37,41)/b35-14-/t28-/m1/s1. The lowest BCUT2D eigenvalue weighted by Crippen LogP contribution is -2.45. The highest BCUT2D eigenvalue weighted by molar-refractivity contribution is 9.10. The van der Waals surface area contributed by atoms with Gasteiger partial charge in [0.25, 0.3) is 5.91 Å². The topological polar surface area (TPSA) is 137 Å². The van der Waals surface area contributed by atoms with Crippen molar-refractivity contribution in [2.45, 2.75) is 26.5 Å². The molecular formula is C31H29BrClFN4O7. The fourth-order valence-electron chi connectivity index (χ4n) is 4.32. The van der Waals surface area contributed by atoms with Gasteiger partial charge in [-0.2, -0.15) is 5.10 Å². The number of nitrogens with one attached hydrogen (secondary N) is 3. The third-order valence-corrected chi connectivity index (χ3v) is 7.27. The Kier molecular flexibility index (Phi) is 11.4. The van der Waals surface area contributed by atoms with Crippen LogP contribution in [0.4, 0.5) is 9.18 Å². The maximum atomic E-state index is 13.9. The van der Waals surface area contributed by atoms with E-state index in [2.05, 4.69) is 37.1 Å². The van der Waals surface area contributed by atoms with Crippen LogP contribution in [-0.2, 0) is 20.9 Å². The lowest BCUT2D eigenvalue weighted by Gasteiger charge is -2.28. The van der Waals surface area contributed by atoms with Gasteiger partial charge in [-0.1, -0.05) is 35.9 Å². The van der Waals surface area contributed by atoms with Crippen LogP contribution < -0.4 is 30.3 Å². The van der Waals surface area contributed by atoms with Crippen LogP contribution in [0.3, 0.4) is 0 Å². The third kappa shape index (κ3) is 8.52. The molecular weight excluding hydrogens is 675 g/mol. The normalized spacial score (nSPS) is 14.4. The fraction of sp³-hybridized carbons (Fsp3) is 0.226. The van der Waals surface area contributed by atoms with E-state index >= 15 is 0 Å². The second-order valence-electron chi connectivity index (χ2n) is 9.48. The van der Waals surface area contributed by atoms with Crippen molar-refractivity contribution in [2.24, 2.45) is 5.10 Å². The van der Waals surface area contributed by atoms with Gasteiger partial charge in [0.2, 0.25) is 0 Å². The number of rotatable bonds is 12. The summed E-state index contributed by atoms with van der Waals surface area (Å²) < 4.78 is 36.3. The average Bonchev–Trinajstić information content (AvgIpc) is 3.00. The largest absolute Gasteiger partial charge is 0.493 e. The zero-order valence-electron chi connectivity index (χ0n) is 24.4. The molecule has 3 aromatic carbocycles. The highest BCUT2D eigenvalue weighted by Gasteiger charge is 2.32. The predicted molar refractivity (Wildman–Crippen MR) is 168 cm³/mol. The first-order chi connectivity index (χ1) is 21.6. The van der Waals surface area contributed by atoms with Gasteiger partial charge in [0.15, 0.2) is 23.9 Å². The van der Waals surface area contributed by atoms with Crippen molar-refractivity contribution in [3.05, 3.63) is 97.9 Å². The minimum Gasteiger partial charge on any atom is -0.493 e. The molecule has 11 nitrogen and oxygen atoms in total. The minimum absolute atomic E-state index is 0.0119. The molecule has 1 heterocycles. The molecule has 0 saturated carbocycles. The van der Waals surface area contributed by atoms with Gasteiger partial charge in [0.1, 0.15) is 12.4 Å². The Morgan fingerprint density at radius 3 is 2.62 bits per heavy atom. The first kappa shape index (κ1) is 33.3. The Hall–Kier alpha value is -4.62. The van der Waals surface area contributed by atoms with Crippen LogP contribution in [0.15, 0.2) is 75.4 Å². The Morgan fingerprint density at radius 1 is 1.13 bits per heavy atom. The van der Waals surface area contributed by atoms with Crippen molar-refractivity contribution >= 4 is 51.7 Å². The average molecular weight is 704 g/mol. The molecule has 1 aliphatic heterocycles. The number of amides is 3. The summed E-state index contributed by atoms with van der Waals surface area (Å²) in [4.78, 5) is 37.2. The predicted octanol–water partition coefficient (Wildman–Crippen LogP) is 5.55. The quantitative estimate of drug-likeness (QED) is 0.128. The van der Waals surface area contributed by atoms with Gasteiger partial charge in [-0.25, -0.2) is 19.4 Å². The van der Waals surface area contributed by atoms with Crippen molar-refractivity contribution < 1.29 is 37.7 Å². The maximum absolute atomic E-state index is 13.9. The summed E-state index contributed by atoms with van der Waals surface area (Å²) in [5.74, 6) is -0.646. The molecule has 0 spiro atoms. The molecule has 4 rings (SSSR count). The lowest BCUT2D eigenvalue weighted by molar-refractivity contribution is -0.139. The van der Waals surface area contributed by atoms with E-state index in [9.17, 15) is 18.8 Å². The number of benzene rings is 3. The number of hydrogen-bond donors (Lipinski definition) is 3. The Bertz CT molecular complexity index is 1640. The van der Waals surface area contributed by atoms with Crippen LogP contribution in [0.5, 0.6) is 17.2 Å². The number of hydrazone groups is 1. The van der Waals surface area contributed by atoms with Crippen molar-refractivity contribution in [3.8, 4) is 17.2 Å². The molecule has 0 bridgehead atoms. The van der Waals surface area contributed by atoms with Gasteiger partial charge in [0, 0.05) is 11.3 Å². The van der Waals surface area contributed by atoms with Gasteiger partial charge in [-0.05, 0) is 71.2 Å². The van der Waals surface area contributed by atoms with E-state index in [4.69, 9.17) is 30.5 Å². The van der Waals surface area contributed by atoms with Gasteiger partial charge in [0.05, 0.1) is 41.0 Å². The molecule has 0 radical (unpaired) electrons. The van der Waals surface area contributed by atoms with E-state index in [0.29, 0.717) is 32.6 Å². The van der Waals surface area contributed by atoms with Crippen LogP contribution in [0.1, 0.15) is 36.6 Å². The number of nitrogens with zero attached hydrogens (tertiary/aromatic N) is 1. The summed E-state index contributed by atoms with van der Waals surface area (Å²) in [6, 6.07) is 13.1. The number of hydrogen-bond acceptors (Lipinski definition) is 8. The van der Waals surface area contributed by atoms with E-state index in [-0.39, 0.29) is 41.1 Å². The molecule has 14 heteroatoms. The summed E-state index contributed by atoms with van der Waals surface area (Å²) >= 11 is 9.76. The second kappa shape index (κ2) is 15.4. The highest BCUT2D eigenvalue weighted by atomic mass is 79.9. The van der Waals surface area contributed by atoms with Crippen LogP contribution >= 0.6 is 27.5 Å². The summed E-state index contributed by atoms with van der Waals surface area (Å²) in [5.41, 5.74) is 4.48. The van der Waals surface area contributed by atoms with E-state index in [0.717, 1.165) is 0 Å². The van der Waals surface area contributed by atoms with Crippen LogP contribution in [-0.4, -0.2) is 44.4 Å². The molecule has 236 valence electrons.